The number of nitrogen functional groups attached to an aromatic ring is 1. The molecule has 0 amide bonds. The monoisotopic (exact) mass is 345 g/mol. The highest BCUT2D eigenvalue weighted by Gasteiger charge is 2.18. The number of hydrogen-bond donors (Lipinski definition) is 1. The number of nitriles is 1. The van der Waals surface area contributed by atoms with Gasteiger partial charge < -0.3 is 19.9 Å². The van der Waals surface area contributed by atoms with Crippen molar-refractivity contribution in [3.63, 3.8) is 0 Å². The number of nitrogens with two attached hydrogens (primary N) is 1. The number of benzene rings is 2. The van der Waals surface area contributed by atoms with Crippen LogP contribution >= 0.6 is 0 Å². The molecule has 0 bridgehead atoms. The van der Waals surface area contributed by atoms with E-state index in [0.717, 1.165) is 11.1 Å². The molecule has 4 rings (SSSR count). The maximum absolute atomic E-state index is 9.57. The summed E-state index contributed by atoms with van der Waals surface area (Å²) in [5, 5.41) is 9.57. The molecular weight excluding hydrogens is 330 g/mol. The van der Waals surface area contributed by atoms with Crippen molar-refractivity contribution >= 4 is 5.82 Å². The van der Waals surface area contributed by atoms with Gasteiger partial charge in [-0.2, -0.15) is 5.26 Å². The standard InChI is InChI=1S/C20H15N3O3/c1-24-17-5-3-2-4-13(17)14-9-16(23-20(22)15(14)10-21)12-6-7-18-19(8-12)26-11-25-18/h2-9H,11H2,1H3,(H2,22,23). The average Bonchev–Trinajstić information content (AvgIpc) is 3.15. The molecule has 3 aromatic rings. The Labute approximate surface area is 150 Å². The van der Waals surface area contributed by atoms with E-state index in [2.05, 4.69) is 11.1 Å². The SMILES string of the molecule is COc1ccccc1-c1cc(-c2ccc3c(c2)OCO3)nc(N)c1C#N. The molecule has 26 heavy (non-hydrogen) atoms. The Balaban J connectivity index is 1.91. The van der Waals surface area contributed by atoms with Gasteiger partial charge in [0.1, 0.15) is 23.2 Å². The van der Waals surface area contributed by atoms with Crippen LogP contribution in [0.5, 0.6) is 17.2 Å². The highest BCUT2D eigenvalue weighted by molar-refractivity contribution is 5.83. The largest absolute Gasteiger partial charge is 0.496 e. The van der Waals surface area contributed by atoms with Crippen LogP contribution in [0.2, 0.25) is 0 Å². The van der Waals surface area contributed by atoms with E-state index in [1.54, 1.807) is 7.11 Å². The van der Waals surface area contributed by atoms with Gasteiger partial charge in [0.25, 0.3) is 0 Å². The molecule has 6 heteroatoms. The summed E-state index contributed by atoms with van der Waals surface area (Å²) >= 11 is 0. The van der Waals surface area contributed by atoms with Crippen molar-refractivity contribution in [3.8, 4) is 45.7 Å². The maximum Gasteiger partial charge on any atom is 0.231 e. The second kappa shape index (κ2) is 6.30. The number of fused-ring (bicyclic) bond motifs is 1. The lowest BCUT2D eigenvalue weighted by Gasteiger charge is -2.13. The van der Waals surface area contributed by atoms with Gasteiger partial charge in [0.15, 0.2) is 11.5 Å². The Morgan fingerprint density at radius 1 is 1.08 bits per heavy atom. The van der Waals surface area contributed by atoms with Crippen LogP contribution in [0.4, 0.5) is 5.82 Å². The molecule has 0 saturated heterocycles. The Morgan fingerprint density at radius 2 is 1.88 bits per heavy atom. The van der Waals surface area contributed by atoms with Crippen molar-refractivity contribution in [1.29, 1.82) is 5.26 Å². The van der Waals surface area contributed by atoms with Gasteiger partial charge in [0, 0.05) is 16.7 Å². The van der Waals surface area contributed by atoms with E-state index < -0.39 is 0 Å². The van der Waals surface area contributed by atoms with Crippen molar-refractivity contribution in [2.75, 3.05) is 19.6 Å². The van der Waals surface area contributed by atoms with Crippen LogP contribution in [0, 0.1) is 11.3 Å². The van der Waals surface area contributed by atoms with Crippen LogP contribution in [0.1, 0.15) is 5.56 Å². The van der Waals surface area contributed by atoms with Gasteiger partial charge in [-0.25, -0.2) is 4.98 Å². The lowest BCUT2D eigenvalue weighted by Crippen LogP contribution is -2.00. The molecule has 1 aliphatic heterocycles. The average molecular weight is 345 g/mol. The zero-order chi connectivity index (χ0) is 18.1. The van der Waals surface area contributed by atoms with E-state index in [0.29, 0.717) is 34.1 Å². The van der Waals surface area contributed by atoms with E-state index in [1.807, 2.05) is 48.5 Å². The quantitative estimate of drug-likeness (QED) is 0.780. The van der Waals surface area contributed by atoms with Gasteiger partial charge in [-0.05, 0) is 30.3 Å². The van der Waals surface area contributed by atoms with E-state index >= 15 is 0 Å². The molecule has 0 radical (unpaired) electrons. The van der Waals surface area contributed by atoms with E-state index in [-0.39, 0.29) is 12.6 Å². The van der Waals surface area contributed by atoms with Crippen LogP contribution in [0.3, 0.4) is 0 Å². The second-order valence-corrected chi connectivity index (χ2v) is 5.70. The van der Waals surface area contributed by atoms with Crippen LogP contribution in [-0.4, -0.2) is 18.9 Å². The van der Waals surface area contributed by atoms with Gasteiger partial charge in [-0.1, -0.05) is 18.2 Å². The van der Waals surface area contributed by atoms with E-state index in [4.69, 9.17) is 19.9 Å². The van der Waals surface area contributed by atoms with Gasteiger partial charge in [0.2, 0.25) is 6.79 Å². The lowest BCUT2D eigenvalue weighted by molar-refractivity contribution is 0.174. The Morgan fingerprint density at radius 3 is 2.69 bits per heavy atom. The molecule has 0 saturated carbocycles. The van der Waals surface area contributed by atoms with Crippen molar-refractivity contribution in [2.45, 2.75) is 0 Å². The molecule has 6 nitrogen and oxygen atoms in total. The first-order valence-corrected chi connectivity index (χ1v) is 7.95. The number of para-hydroxylation sites is 1. The molecule has 2 heterocycles. The number of anilines is 1. The molecule has 1 aliphatic rings. The molecule has 2 aromatic carbocycles. The maximum atomic E-state index is 9.57. The van der Waals surface area contributed by atoms with E-state index in [9.17, 15) is 5.26 Å². The first-order chi connectivity index (χ1) is 12.7. The van der Waals surface area contributed by atoms with Gasteiger partial charge in [-0.15, -0.1) is 0 Å². The number of rotatable bonds is 3. The summed E-state index contributed by atoms with van der Waals surface area (Å²) in [6, 6.07) is 17.0. The molecule has 2 N–H and O–H groups in total. The Hall–Kier alpha value is -3.72. The summed E-state index contributed by atoms with van der Waals surface area (Å²) in [6.07, 6.45) is 0. The zero-order valence-electron chi connectivity index (χ0n) is 14.0. The third kappa shape index (κ3) is 2.56. The predicted molar refractivity (Wildman–Crippen MR) is 96.9 cm³/mol. The third-order valence-electron chi connectivity index (χ3n) is 4.22. The topological polar surface area (TPSA) is 90.4 Å². The molecule has 0 fully saturated rings. The zero-order valence-corrected chi connectivity index (χ0v) is 14.0. The van der Waals surface area contributed by atoms with Crippen LogP contribution in [0.25, 0.3) is 22.4 Å². The summed E-state index contributed by atoms with van der Waals surface area (Å²) < 4.78 is 16.2. The van der Waals surface area contributed by atoms with Crippen molar-refractivity contribution in [2.24, 2.45) is 0 Å². The fraction of sp³-hybridized carbons (Fsp3) is 0.100. The van der Waals surface area contributed by atoms with Gasteiger partial charge in [0.05, 0.1) is 12.8 Å². The summed E-state index contributed by atoms with van der Waals surface area (Å²) in [7, 11) is 1.59. The number of aromatic nitrogens is 1. The fourth-order valence-electron chi connectivity index (χ4n) is 2.97. The highest BCUT2D eigenvalue weighted by Crippen LogP contribution is 2.39. The minimum absolute atomic E-state index is 0.170. The minimum Gasteiger partial charge on any atom is -0.496 e. The number of methoxy groups -OCH3 is 1. The Kier molecular flexibility index (Phi) is 3.82. The second-order valence-electron chi connectivity index (χ2n) is 5.70. The summed E-state index contributed by atoms with van der Waals surface area (Å²) in [5.74, 6) is 2.18. The van der Waals surface area contributed by atoms with Crippen molar-refractivity contribution in [1.82, 2.24) is 4.98 Å². The smallest absolute Gasteiger partial charge is 0.231 e. The fourth-order valence-corrected chi connectivity index (χ4v) is 2.97. The van der Waals surface area contributed by atoms with Crippen molar-refractivity contribution < 1.29 is 14.2 Å². The predicted octanol–water partition coefficient (Wildman–Crippen LogP) is 3.61. The molecule has 0 atom stereocenters. The lowest BCUT2D eigenvalue weighted by atomic mass is 9.97. The normalized spacial score (nSPS) is 11.8. The third-order valence-corrected chi connectivity index (χ3v) is 4.22. The molecule has 0 aliphatic carbocycles. The number of nitrogens with zero attached hydrogens (tertiary/aromatic N) is 2. The summed E-state index contributed by atoms with van der Waals surface area (Å²) in [6.45, 7) is 0.203. The first kappa shape index (κ1) is 15.8. The number of hydrogen-bond acceptors (Lipinski definition) is 6. The molecule has 0 unspecified atom stereocenters. The Bertz CT molecular complexity index is 1040. The summed E-state index contributed by atoms with van der Waals surface area (Å²) in [4.78, 5) is 4.40. The van der Waals surface area contributed by atoms with Crippen LogP contribution < -0.4 is 19.9 Å². The van der Waals surface area contributed by atoms with Crippen LogP contribution in [0.15, 0.2) is 48.5 Å². The van der Waals surface area contributed by atoms with Crippen LogP contribution in [-0.2, 0) is 0 Å². The molecule has 1 aromatic heterocycles. The van der Waals surface area contributed by atoms with Crippen molar-refractivity contribution in [3.05, 3.63) is 54.1 Å². The minimum atomic E-state index is 0.170. The highest BCUT2D eigenvalue weighted by atomic mass is 16.7. The molecule has 128 valence electrons. The number of ether oxygens (including phenoxy) is 3. The summed E-state index contributed by atoms with van der Waals surface area (Å²) in [5.41, 5.74) is 9.31. The van der Waals surface area contributed by atoms with Gasteiger partial charge >= 0.3 is 0 Å². The first-order valence-electron chi connectivity index (χ1n) is 7.95. The molecular formula is C20H15N3O3. The number of pyridine rings is 1. The molecule has 0 spiro atoms. The van der Waals surface area contributed by atoms with Gasteiger partial charge in [-0.3, -0.25) is 0 Å². The van der Waals surface area contributed by atoms with E-state index in [1.165, 1.54) is 0 Å².